The third kappa shape index (κ3) is 3.29. The summed E-state index contributed by atoms with van der Waals surface area (Å²) >= 11 is 1.61. The van der Waals surface area contributed by atoms with Gasteiger partial charge in [0, 0.05) is 17.3 Å². The number of likely N-dealkylation sites (tertiary alicyclic amines) is 1. The number of carboxylic acid groups (broad SMARTS) is 1. The summed E-state index contributed by atoms with van der Waals surface area (Å²) in [5, 5.41) is 11.7. The maximum atomic E-state index is 10.6. The summed E-state index contributed by atoms with van der Waals surface area (Å²) in [5.74, 6) is -0.283. The molecule has 0 saturated carbocycles. The van der Waals surface area contributed by atoms with Crippen LogP contribution in [0.15, 0.2) is 5.38 Å². The molecule has 0 atom stereocenters. The maximum Gasteiger partial charge on any atom is 0.309 e. The molecule has 1 saturated heterocycles. The second-order valence-electron chi connectivity index (χ2n) is 5.15. The van der Waals surface area contributed by atoms with Crippen LogP contribution in [0.4, 0.5) is 0 Å². The first-order chi connectivity index (χ1) is 8.56. The third-order valence-corrected chi connectivity index (χ3v) is 4.57. The van der Waals surface area contributed by atoms with E-state index in [4.69, 9.17) is 5.11 Å². The van der Waals surface area contributed by atoms with Crippen LogP contribution in [-0.2, 0) is 11.2 Å². The lowest BCUT2D eigenvalue weighted by Gasteiger charge is -2.33. The van der Waals surface area contributed by atoms with Gasteiger partial charge in [-0.2, -0.15) is 0 Å². The summed E-state index contributed by atoms with van der Waals surface area (Å²) in [6, 6.07) is 0.616. The standard InChI is InChI=1S/C13H20N2O2S/c1-9(2)15-5-3-10(4-6-15)13-14-11(8-18-13)7-12(16)17/h8-10H,3-7H2,1-2H3,(H,16,17). The van der Waals surface area contributed by atoms with Crippen molar-refractivity contribution in [3.8, 4) is 0 Å². The molecule has 0 amide bonds. The van der Waals surface area contributed by atoms with Crippen LogP contribution in [0.25, 0.3) is 0 Å². The number of thiazole rings is 1. The van der Waals surface area contributed by atoms with Crippen molar-refractivity contribution in [3.05, 3.63) is 16.1 Å². The number of carbonyl (C=O) groups is 1. The smallest absolute Gasteiger partial charge is 0.309 e. The van der Waals surface area contributed by atoms with Gasteiger partial charge in [-0.15, -0.1) is 11.3 Å². The van der Waals surface area contributed by atoms with Crippen LogP contribution in [0, 0.1) is 0 Å². The van der Waals surface area contributed by atoms with Crippen LogP contribution in [0.1, 0.15) is 43.3 Å². The van der Waals surface area contributed by atoms with Crippen LogP contribution < -0.4 is 0 Å². The summed E-state index contributed by atoms with van der Waals surface area (Å²) in [6.07, 6.45) is 2.32. The van der Waals surface area contributed by atoms with Crippen molar-refractivity contribution in [1.82, 2.24) is 9.88 Å². The van der Waals surface area contributed by atoms with Crippen LogP contribution in [-0.4, -0.2) is 40.1 Å². The van der Waals surface area contributed by atoms with E-state index in [0.29, 0.717) is 17.7 Å². The predicted octanol–water partition coefficient (Wildman–Crippen LogP) is 2.36. The lowest BCUT2D eigenvalue weighted by Crippen LogP contribution is -2.37. The molecule has 0 radical (unpaired) electrons. The van der Waals surface area contributed by atoms with Gasteiger partial charge in [0.2, 0.25) is 0 Å². The van der Waals surface area contributed by atoms with Crippen molar-refractivity contribution in [1.29, 1.82) is 0 Å². The van der Waals surface area contributed by atoms with Crippen LogP contribution in [0.2, 0.25) is 0 Å². The van der Waals surface area contributed by atoms with Gasteiger partial charge < -0.3 is 10.0 Å². The van der Waals surface area contributed by atoms with Crippen LogP contribution >= 0.6 is 11.3 Å². The molecule has 100 valence electrons. The zero-order valence-corrected chi connectivity index (χ0v) is 11.7. The quantitative estimate of drug-likeness (QED) is 0.910. The minimum atomic E-state index is -0.804. The van der Waals surface area contributed by atoms with E-state index in [9.17, 15) is 4.79 Å². The predicted molar refractivity (Wildman–Crippen MR) is 72.1 cm³/mol. The number of hydrogen-bond donors (Lipinski definition) is 1. The second-order valence-corrected chi connectivity index (χ2v) is 6.04. The van der Waals surface area contributed by atoms with Gasteiger partial charge in [0.1, 0.15) is 0 Å². The largest absolute Gasteiger partial charge is 0.481 e. The summed E-state index contributed by atoms with van der Waals surface area (Å²) in [4.78, 5) is 17.6. The SMILES string of the molecule is CC(C)N1CCC(c2nc(CC(=O)O)cs2)CC1. The molecular formula is C13H20N2O2S. The summed E-state index contributed by atoms with van der Waals surface area (Å²) in [6.45, 7) is 6.70. The Kier molecular flexibility index (Phi) is 4.35. The highest BCUT2D eigenvalue weighted by Crippen LogP contribution is 2.30. The zero-order chi connectivity index (χ0) is 13.1. The van der Waals surface area contributed by atoms with E-state index in [2.05, 4.69) is 23.7 Å². The lowest BCUT2D eigenvalue weighted by molar-refractivity contribution is -0.136. The Hall–Kier alpha value is -0.940. The van der Waals surface area contributed by atoms with E-state index in [1.807, 2.05) is 5.38 Å². The molecule has 0 spiro atoms. The molecule has 2 rings (SSSR count). The molecule has 0 unspecified atom stereocenters. The highest BCUT2D eigenvalue weighted by molar-refractivity contribution is 7.09. The Bertz CT molecular complexity index is 409. The van der Waals surface area contributed by atoms with Gasteiger partial charge >= 0.3 is 5.97 Å². The Morgan fingerprint density at radius 3 is 2.78 bits per heavy atom. The van der Waals surface area contributed by atoms with E-state index in [1.165, 1.54) is 0 Å². The first-order valence-corrected chi connectivity index (χ1v) is 7.34. The fourth-order valence-electron chi connectivity index (χ4n) is 2.41. The van der Waals surface area contributed by atoms with E-state index >= 15 is 0 Å². The Morgan fingerprint density at radius 2 is 2.22 bits per heavy atom. The highest BCUT2D eigenvalue weighted by atomic mass is 32.1. The van der Waals surface area contributed by atoms with E-state index < -0.39 is 5.97 Å². The number of nitrogens with zero attached hydrogens (tertiary/aromatic N) is 2. The average Bonchev–Trinajstić information content (AvgIpc) is 2.76. The molecule has 0 aliphatic carbocycles. The molecule has 18 heavy (non-hydrogen) atoms. The molecule has 0 bridgehead atoms. The molecular weight excluding hydrogens is 248 g/mol. The maximum absolute atomic E-state index is 10.6. The molecule has 1 aliphatic rings. The fourth-order valence-corrected chi connectivity index (χ4v) is 3.40. The summed E-state index contributed by atoms with van der Waals surface area (Å²) in [7, 11) is 0. The number of carboxylic acids is 1. The summed E-state index contributed by atoms with van der Waals surface area (Å²) in [5.41, 5.74) is 0.703. The zero-order valence-electron chi connectivity index (χ0n) is 10.9. The van der Waals surface area contributed by atoms with E-state index in [0.717, 1.165) is 30.9 Å². The van der Waals surface area contributed by atoms with Crippen molar-refractivity contribution in [3.63, 3.8) is 0 Å². The number of hydrogen-bond acceptors (Lipinski definition) is 4. The van der Waals surface area contributed by atoms with Gasteiger partial charge in [0.15, 0.2) is 0 Å². The molecule has 4 nitrogen and oxygen atoms in total. The molecule has 1 N–H and O–H groups in total. The normalized spacial score (nSPS) is 18.4. The number of piperidine rings is 1. The van der Waals surface area contributed by atoms with Crippen molar-refractivity contribution < 1.29 is 9.90 Å². The number of rotatable bonds is 4. The Morgan fingerprint density at radius 1 is 1.56 bits per heavy atom. The number of aliphatic carboxylic acids is 1. The molecule has 1 aliphatic heterocycles. The molecule has 1 fully saturated rings. The first-order valence-electron chi connectivity index (χ1n) is 6.46. The highest BCUT2D eigenvalue weighted by Gasteiger charge is 2.24. The van der Waals surface area contributed by atoms with Gasteiger partial charge in [-0.3, -0.25) is 4.79 Å². The lowest BCUT2D eigenvalue weighted by atomic mass is 9.97. The van der Waals surface area contributed by atoms with Gasteiger partial charge in [-0.05, 0) is 39.8 Å². The van der Waals surface area contributed by atoms with Gasteiger partial charge in [0.25, 0.3) is 0 Å². The Balaban J connectivity index is 1.93. The minimum Gasteiger partial charge on any atom is -0.481 e. The molecule has 5 heteroatoms. The van der Waals surface area contributed by atoms with Crippen molar-refractivity contribution in [2.24, 2.45) is 0 Å². The second kappa shape index (κ2) is 5.80. The van der Waals surface area contributed by atoms with Crippen molar-refractivity contribution >= 4 is 17.3 Å². The third-order valence-electron chi connectivity index (χ3n) is 3.51. The molecule has 2 heterocycles. The number of aromatic nitrogens is 1. The molecule has 0 aromatic carbocycles. The Labute approximate surface area is 112 Å². The average molecular weight is 268 g/mol. The molecule has 1 aromatic heterocycles. The van der Waals surface area contributed by atoms with Crippen LogP contribution in [0.3, 0.4) is 0 Å². The first kappa shape index (κ1) is 13.5. The van der Waals surface area contributed by atoms with Gasteiger partial charge in [0.05, 0.1) is 17.1 Å². The fraction of sp³-hybridized carbons (Fsp3) is 0.692. The van der Waals surface area contributed by atoms with E-state index in [1.54, 1.807) is 11.3 Å². The van der Waals surface area contributed by atoms with Gasteiger partial charge in [-0.1, -0.05) is 0 Å². The van der Waals surface area contributed by atoms with Gasteiger partial charge in [-0.25, -0.2) is 4.98 Å². The monoisotopic (exact) mass is 268 g/mol. The van der Waals surface area contributed by atoms with Crippen molar-refractivity contribution in [2.75, 3.05) is 13.1 Å². The van der Waals surface area contributed by atoms with E-state index in [-0.39, 0.29) is 6.42 Å². The topological polar surface area (TPSA) is 53.4 Å². The van der Waals surface area contributed by atoms with Crippen LogP contribution in [0.5, 0.6) is 0 Å². The van der Waals surface area contributed by atoms with Crippen molar-refractivity contribution in [2.45, 2.75) is 45.1 Å². The minimum absolute atomic E-state index is 0.0430. The molecule has 1 aromatic rings. The summed E-state index contributed by atoms with van der Waals surface area (Å²) < 4.78 is 0.